The molecule has 2 rings (SSSR count). The molecule has 2 aromatic rings. The molecule has 0 aliphatic carbocycles. The van der Waals surface area contributed by atoms with Crippen molar-refractivity contribution in [1.82, 2.24) is 0 Å². The lowest BCUT2D eigenvalue weighted by molar-refractivity contribution is -0.131. The molecular weight excluding hydrogens is 336 g/mol. The van der Waals surface area contributed by atoms with Crippen molar-refractivity contribution in [2.24, 2.45) is 0 Å². The minimum absolute atomic E-state index is 0.0779. The fourth-order valence-electron chi connectivity index (χ4n) is 2.37. The molecule has 3 N–H and O–H groups in total. The second-order valence-corrected chi connectivity index (χ2v) is 5.43. The van der Waals surface area contributed by atoms with E-state index in [2.05, 4.69) is 0 Å². The van der Waals surface area contributed by atoms with E-state index in [0.29, 0.717) is 11.1 Å². The van der Waals surface area contributed by atoms with Crippen LogP contribution in [0.25, 0.3) is 12.2 Å². The second kappa shape index (κ2) is 8.53. The SMILES string of the molecule is COc1c(O)ccc(C=CC(=O)O)c1CC(=O)C=Cc1ccc(O)cc1. The third kappa shape index (κ3) is 4.98. The van der Waals surface area contributed by atoms with Crippen molar-refractivity contribution in [2.75, 3.05) is 7.11 Å². The number of benzene rings is 2. The second-order valence-electron chi connectivity index (χ2n) is 5.43. The van der Waals surface area contributed by atoms with E-state index in [-0.39, 0.29) is 29.5 Å². The first kappa shape index (κ1) is 18.8. The Morgan fingerprint density at radius 3 is 2.31 bits per heavy atom. The number of ether oxygens (including phenoxy) is 1. The highest BCUT2D eigenvalue weighted by Gasteiger charge is 2.15. The quantitative estimate of drug-likeness (QED) is 0.660. The summed E-state index contributed by atoms with van der Waals surface area (Å²) in [6, 6.07) is 9.24. The molecule has 0 saturated carbocycles. The molecule has 0 aliphatic rings. The van der Waals surface area contributed by atoms with Gasteiger partial charge in [0.2, 0.25) is 0 Å². The number of carboxylic acid groups (broad SMARTS) is 1. The monoisotopic (exact) mass is 354 g/mol. The number of carboxylic acids is 1. The van der Waals surface area contributed by atoms with Gasteiger partial charge in [-0.05, 0) is 41.5 Å². The van der Waals surface area contributed by atoms with Crippen LogP contribution in [-0.2, 0) is 16.0 Å². The lowest BCUT2D eigenvalue weighted by Gasteiger charge is -2.12. The molecule has 26 heavy (non-hydrogen) atoms. The first-order valence-electron chi connectivity index (χ1n) is 7.70. The van der Waals surface area contributed by atoms with Gasteiger partial charge in [-0.15, -0.1) is 0 Å². The predicted molar refractivity (Wildman–Crippen MR) is 97.2 cm³/mol. The minimum atomic E-state index is -1.12. The summed E-state index contributed by atoms with van der Waals surface area (Å²) in [4.78, 5) is 23.1. The number of phenolic OH excluding ortho intramolecular Hbond substituents is 2. The van der Waals surface area contributed by atoms with Crippen LogP contribution in [0.4, 0.5) is 0 Å². The maximum Gasteiger partial charge on any atom is 0.328 e. The molecule has 6 heteroatoms. The number of phenols is 2. The Kier molecular flexibility index (Phi) is 6.16. The normalized spacial score (nSPS) is 11.1. The van der Waals surface area contributed by atoms with Crippen LogP contribution in [0, 0.1) is 0 Å². The van der Waals surface area contributed by atoms with Crippen LogP contribution in [0.5, 0.6) is 17.2 Å². The molecule has 0 atom stereocenters. The number of hydrogen-bond acceptors (Lipinski definition) is 5. The van der Waals surface area contributed by atoms with Gasteiger partial charge in [-0.1, -0.05) is 24.3 Å². The molecular formula is C20H18O6. The molecule has 0 aliphatic heterocycles. The average Bonchev–Trinajstić information content (AvgIpc) is 2.60. The highest BCUT2D eigenvalue weighted by Crippen LogP contribution is 2.33. The molecule has 0 radical (unpaired) electrons. The lowest BCUT2D eigenvalue weighted by Crippen LogP contribution is -2.04. The summed E-state index contributed by atoms with van der Waals surface area (Å²) in [6.45, 7) is 0. The van der Waals surface area contributed by atoms with Gasteiger partial charge in [-0.25, -0.2) is 4.79 Å². The minimum Gasteiger partial charge on any atom is -0.508 e. The van der Waals surface area contributed by atoms with Crippen LogP contribution in [0.2, 0.25) is 0 Å². The first-order chi connectivity index (χ1) is 12.4. The summed E-state index contributed by atoms with van der Waals surface area (Å²) in [5, 5.41) is 28.0. The number of carbonyl (C=O) groups is 2. The van der Waals surface area contributed by atoms with Crippen molar-refractivity contribution in [3.05, 3.63) is 65.2 Å². The number of carbonyl (C=O) groups excluding carboxylic acids is 1. The Morgan fingerprint density at radius 1 is 1.00 bits per heavy atom. The standard InChI is InChI=1S/C20H18O6/c1-26-20-17(14(5-10-18(20)23)6-11-19(24)25)12-16(22)9-4-13-2-7-15(21)8-3-13/h2-11,21,23H,12H2,1H3,(H,24,25). The Bertz CT molecular complexity index is 863. The summed E-state index contributed by atoms with van der Waals surface area (Å²) in [7, 11) is 1.36. The Labute approximate surface area is 150 Å². The molecule has 0 amide bonds. The average molecular weight is 354 g/mol. The highest BCUT2D eigenvalue weighted by molar-refractivity contribution is 5.96. The number of rotatable bonds is 7. The number of hydrogen-bond donors (Lipinski definition) is 3. The van der Waals surface area contributed by atoms with Gasteiger partial charge in [-0.3, -0.25) is 4.79 Å². The number of aromatic hydroxyl groups is 2. The van der Waals surface area contributed by atoms with E-state index in [1.807, 2.05) is 0 Å². The first-order valence-corrected chi connectivity index (χ1v) is 7.70. The van der Waals surface area contributed by atoms with Crippen molar-refractivity contribution in [1.29, 1.82) is 0 Å². The van der Waals surface area contributed by atoms with Crippen LogP contribution in [0.3, 0.4) is 0 Å². The van der Waals surface area contributed by atoms with Gasteiger partial charge in [0.15, 0.2) is 17.3 Å². The smallest absolute Gasteiger partial charge is 0.328 e. The van der Waals surface area contributed by atoms with Crippen molar-refractivity contribution in [3.63, 3.8) is 0 Å². The van der Waals surface area contributed by atoms with Gasteiger partial charge in [0.25, 0.3) is 0 Å². The molecule has 0 heterocycles. The van der Waals surface area contributed by atoms with Gasteiger partial charge >= 0.3 is 5.97 Å². The molecule has 0 saturated heterocycles. The van der Waals surface area contributed by atoms with Crippen LogP contribution in [-0.4, -0.2) is 34.2 Å². The molecule has 0 spiro atoms. The van der Waals surface area contributed by atoms with Gasteiger partial charge in [-0.2, -0.15) is 0 Å². The van der Waals surface area contributed by atoms with Gasteiger partial charge in [0.05, 0.1) is 7.11 Å². The number of aliphatic carboxylic acids is 1. The molecule has 134 valence electrons. The maximum atomic E-state index is 12.3. The Hall–Kier alpha value is -3.54. The molecule has 0 unspecified atom stereocenters. The van der Waals surface area contributed by atoms with Crippen molar-refractivity contribution >= 4 is 23.9 Å². The van der Waals surface area contributed by atoms with E-state index in [1.165, 1.54) is 43.5 Å². The summed E-state index contributed by atoms with van der Waals surface area (Å²) in [6.07, 6.45) is 5.19. The molecule has 0 fully saturated rings. The zero-order chi connectivity index (χ0) is 19.1. The fraction of sp³-hybridized carbons (Fsp3) is 0.100. The summed E-state index contributed by atoms with van der Waals surface area (Å²) >= 11 is 0. The summed E-state index contributed by atoms with van der Waals surface area (Å²) in [5.74, 6) is -1.25. The Morgan fingerprint density at radius 2 is 1.69 bits per heavy atom. The van der Waals surface area contributed by atoms with Crippen LogP contribution in [0.1, 0.15) is 16.7 Å². The van der Waals surface area contributed by atoms with Crippen molar-refractivity contribution < 1.29 is 29.6 Å². The number of allylic oxidation sites excluding steroid dienone is 1. The van der Waals surface area contributed by atoms with E-state index >= 15 is 0 Å². The largest absolute Gasteiger partial charge is 0.508 e. The van der Waals surface area contributed by atoms with E-state index in [1.54, 1.807) is 18.2 Å². The van der Waals surface area contributed by atoms with Crippen LogP contribution >= 0.6 is 0 Å². The van der Waals surface area contributed by atoms with E-state index in [0.717, 1.165) is 11.6 Å². The molecule has 2 aromatic carbocycles. The van der Waals surface area contributed by atoms with E-state index in [4.69, 9.17) is 9.84 Å². The van der Waals surface area contributed by atoms with E-state index < -0.39 is 5.97 Å². The lowest BCUT2D eigenvalue weighted by atomic mass is 9.99. The van der Waals surface area contributed by atoms with Gasteiger partial charge in [0.1, 0.15) is 5.75 Å². The van der Waals surface area contributed by atoms with Crippen LogP contribution in [0.15, 0.2) is 48.6 Å². The van der Waals surface area contributed by atoms with Crippen molar-refractivity contribution in [3.8, 4) is 17.2 Å². The highest BCUT2D eigenvalue weighted by atomic mass is 16.5. The topological polar surface area (TPSA) is 104 Å². The molecule has 0 bridgehead atoms. The third-order valence-electron chi connectivity index (χ3n) is 3.59. The summed E-state index contributed by atoms with van der Waals surface area (Å²) < 4.78 is 5.17. The maximum absolute atomic E-state index is 12.3. The van der Waals surface area contributed by atoms with Crippen LogP contribution < -0.4 is 4.74 Å². The Balaban J connectivity index is 2.28. The number of methoxy groups -OCH3 is 1. The summed E-state index contributed by atoms with van der Waals surface area (Å²) in [5.41, 5.74) is 1.60. The van der Waals surface area contributed by atoms with Gasteiger partial charge < -0.3 is 20.1 Å². The third-order valence-corrected chi connectivity index (χ3v) is 3.59. The fourth-order valence-corrected chi connectivity index (χ4v) is 2.37. The van der Waals surface area contributed by atoms with Crippen molar-refractivity contribution in [2.45, 2.75) is 6.42 Å². The zero-order valence-electron chi connectivity index (χ0n) is 14.0. The molecule has 0 aromatic heterocycles. The van der Waals surface area contributed by atoms with E-state index in [9.17, 15) is 19.8 Å². The number of ketones is 1. The predicted octanol–water partition coefficient (Wildman–Crippen LogP) is 3.03. The molecule has 6 nitrogen and oxygen atoms in total. The zero-order valence-corrected chi connectivity index (χ0v) is 14.0. The van der Waals surface area contributed by atoms with Gasteiger partial charge in [0, 0.05) is 18.1 Å².